The van der Waals surface area contributed by atoms with Gasteiger partial charge in [-0.25, -0.2) is 4.79 Å². The predicted molar refractivity (Wildman–Crippen MR) is 112 cm³/mol. The topological polar surface area (TPSA) is 69.2 Å². The van der Waals surface area contributed by atoms with Gasteiger partial charge in [-0.05, 0) is 38.6 Å². The van der Waals surface area contributed by atoms with Crippen LogP contribution in [0.1, 0.15) is 25.6 Å². The Kier molecular flexibility index (Phi) is 8.37. The Morgan fingerprint density at radius 1 is 1.22 bits per heavy atom. The van der Waals surface area contributed by atoms with E-state index in [0.29, 0.717) is 13.1 Å². The van der Waals surface area contributed by atoms with E-state index in [-0.39, 0.29) is 6.09 Å². The van der Waals surface area contributed by atoms with Crippen molar-refractivity contribution in [2.75, 3.05) is 52.9 Å². The van der Waals surface area contributed by atoms with E-state index in [1.54, 1.807) is 23.3 Å². The highest BCUT2D eigenvalue weighted by molar-refractivity contribution is 7.09. The van der Waals surface area contributed by atoms with Crippen LogP contribution in [0.3, 0.4) is 0 Å². The standard InChI is InChI=1S/C19H33N5O2S/c1-19(2,3)26-18(25)24-13-11-23(12-14-24)10-9-22-17(20-4)21-8-7-16-6-5-15-27-16/h5-6,15H,7-14H2,1-4H3,(H2,20,21,22). The van der Waals surface area contributed by atoms with E-state index in [1.807, 2.05) is 20.8 Å². The van der Waals surface area contributed by atoms with Crippen molar-refractivity contribution < 1.29 is 9.53 Å². The second kappa shape index (κ2) is 10.5. The normalized spacial score (nSPS) is 16.3. The van der Waals surface area contributed by atoms with Crippen LogP contribution in [-0.2, 0) is 11.2 Å². The molecule has 1 aliphatic rings. The molecule has 1 aromatic heterocycles. The molecule has 27 heavy (non-hydrogen) atoms. The summed E-state index contributed by atoms with van der Waals surface area (Å²) in [5.41, 5.74) is -0.440. The molecule has 1 aromatic rings. The molecule has 0 aromatic carbocycles. The van der Waals surface area contributed by atoms with Crippen LogP contribution >= 0.6 is 11.3 Å². The zero-order valence-corrected chi connectivity index (χ0v) is 17.8. The fourth-order valence-corrected chi connectivity index (χ4v) is 3.50. The van der Waals surface area contributed by atoms with E-state index >= 15 is 0 Å². The van der Waals surface area contributed by atoms with Crippen LogP contribution in [0.4, 0.5) is 4.79 Å². The summed E-state index contributed by atoms with van der Waals surface area (Å²) in [4.78, 5) is 21.9. The van der Waals surface area contributed by atoms with Gasteiger partial charge < -0.3 is 20.3 Å². The SMILES string of the molecule is CN=C(NCCc1cccs1)NCCN1CCN(C(=O)OC(C)(C)C)CC1. The van der Waals surface area contributed by atoms with Gasteiger partial charge in [-0.2, -0.15) is 0 Å². The maximum absolute atomic E-state index is 12.1. The van der Waals surface area contributed by atoms with E-state index in [9.17, 15) is 4.79 Å². The Labute approximate surface area is 166 Å². The molecular weight excluding hydrogens is 362 g/mol. The van der Waals surface area contributed by atoms with Gasteiger partial charge in [0.25, 0.3) is 0 Å². The Morgan fingerprint density at radius 2 is 1.93 bits per heavy atom. The van der Waals surface area contributed by atoms with Crippen LogP contribution in [0.5, 0.6) is 0 Å². The van der Waals surface area contributed by atoms with E-state index in [0.717, 1.165) is 45.1 Å². The van der Waals surface area contributed by atoms with Crippen molar-refractivity contribution in [2.24, 2.45) is 4.99 Å². The molecule has 1 fully saturated rings. The highest BCUT2D eigenvalue weighted by Crippen LogP contribution is 2.11. The molecule has 0 aliphatic carbocycles. The lowest BCUT2D eigenvalue weighted by Crippen LogP contribution is -2.51. The second-order valence-corrected chi connectivity index (χ2v) is 8.60. The van der Waals surface area contributed by atoms with Crippen molar-refractivity contribution in [1.82, 2.24) is 20.4 Å². The molecule has 0 bridgehead atoms. The number of nitrogens with one attached hydrogen (secondary N) is 2. The van der Waals surface area contributed by atoms with Gasteiger partial charge in [-0.3, -0.25) is 9.89 Å². The summed E-state index contributed by atoms with van der Waals surface area (Å²) in [7, 11) is 1.79. The van der Waals surface area contributed by atoms with E-state index in [2.05, 4.69) is 38.0 Å². The monoisotopic (exact) mass is 395 g/mol. The largest absolute Gasteiger partial charge is 0.444 e. The van der Waals surface area contributed by atoms with Crippen molar-refractivity contribution in [3.05, 3.63) is 22.4 Å². The minimum Gasteiger partial charge on any atom is -0.444 e. The molecule has 0 atom stereocenters. The minimum absolute atomic E-state index is 0.212. The zero-order chi connectivity index (χ0) is 19.7. The van der Waals surface area contributed by atoms with Crippen molar-refractivity contribution in [3.8, 4) is 0 Å². The molecule has 0 saturated carbocycles. The molecule has 0 radical (unpaired) electrons. The third-order valence-electron chi connectivity index (χ3n) is 4.21. The summed E-state index contributed by atoms with van der Waals surface area (Å²) >= 11 is 1.78. The maximum atomic E-state index is 12.1. The lowest BCUT2D eigenvalue weighted by Gasteiger charge is -2.35. The third-order valence-corrected chi connectivity index (χ3v) is 5.15. The first-order chi connectivity index (χ1) is 12.9. The van der Waals surface area contributed by atoms with Crippen LogP contribution < -0.4 is 10.6 Å². The number of hydrogen-bond donors (Lipinski definition) is 2. The van der Waals surface area contributed by atoms with Crippen LogP contribution in [0.25, 0.3) is 0 Å². The summed E-state index contributed by atoms with van der Waals surface area (Å²) < 4.78 is 5.44. The molecule has 2 rings (SSSR count). The fraction of sp³-hybridized carbons (Fsp3) is 0.684. The lowest BCUT2D eigenvalue weighted by molar-refractivity contribution is 0.0147. The van der Waals surface area contributed by atoms with E-state index in [1.165, 1.54) is 4.88 Å². The summed E-state index contributed by atoms with van der Waals surface area (Å²) in [6.45, 7) is 11.5. The quantitative estimate of drug-likeness (QED) is 0.570. The number of rotatable bonds is 6. The molecule has 1 aliphatic heterocycles. The first-order valence-electron chi connectivity index (χ1n) is 9.54. The minimum atomic E-state index is -0.440. The van der Waals surface area contributed by atoms with E-state index in [4.69, 9.17) is 4.74 Å². The number of nitrogens with zero attached hydrogens (tertiary/aromatic N) is 3. The number of amides is 1. The molecule has 1 amide bonds. The molecule has 152 valence electrons. The smallest absolute Gasteiger partial charge is 0.410 e. The number of hydrogen-bond acceptors (Lipinski definition) is 5. The van der Waals surface area contributed by atoms with Crippen LogP contribution in [0.15, 0.2) is 22.5 Å². The van der Waals surface area contributed by atoms with Crippen molar-refractivity contribution in [2.45, 2.75) is 32.8 Å². The Hall–Kier alpha value is -1.80. The third kappa shape index (κ3) is 8.17. The number of aliphatic imine (C=N–C) groups is 1. The number of guanidine groups is 1. The van der Waals surface area contributed by atoms with Gasteiger partial charge in [0.05, 0.1) is 0 Å². The molecule has 2 N–H and O–H groups in total. The molecule has 7 nitrogen and oxygen atoms in total. The molecule has 0 unspecified atom stereocenters. The Morgan fingerprint density at radius 3 is 2.52 bits per heavy atom. The number of ether oxygens (including phenoxy) is 1. The summed E-state index contributed by atoms with van der Waals surface area (Å²) in [6, 6.07) is 4.23. The van der Waals surface area contributed by atoms with Crippen LogP contribution in [0, 0.1) is 0 Å². The van der Waals surface area contributed by atoms with Crippen molar-refractivity contribution in [1.29, 1.82) is 0 Å². The first-order valence-corrected chi connectivity index (χ1v) is 10.4. The van der Waals surface area contributed by atoms with Crippen molar-refractivity contribution >= 4 is 23.4 Å². The van der Waals surface area contributed by atoms with Gasteiger partial charge >= 0.3 is 6.09 Å². The number of thiophene rings is 1. The van der Waals surface area contributed by atoms with Crippen LogP contribution in [0.2, 0.25) is 0 Å². The predicted octanol–water partition coefficient (Wildman–Crippen LogP) is 2.01. The van der Waals surface area contributed by atoms with Gasteiger partial charge in [-0.1, -0.05) is 6.07 Å². The summed E-state index contributed by atoms with van der Waals surface area (Å²) in [6.07, 6.45) is 0.793. The number of carbonyl (C=O) groups is 1. The molecule has 0 spiro atoms. The lowest BCUT2D eigenvalue weighted by atomic mass is 10.2. The van der Waals surface area contributed by atoms with Gasteiger partial charge in [0.1, 0.15) is 5.60 Å². The van der Waals surface area contributed by atoms with Gasteiger partial charge in [0, 0.05) is 57.7 Å². The van der Waals surface area contributed by atoms with Crippen LogP contribution in [-0.4, -0.2) is 80.3 Å². The molecule has 1 saturated heterocycles. The number of carbonyl (C=O) groups excluding carboxylic acids is 1. The Bertz CT molecular complexity index is 590. The summed E-state index contributed by atoms with van der Waals surface area (Å²) in [5.74, 6) is 0.832. The van der Waals surface area contributed by atoms with Crippen molar-refractivity contribution in [3.63, 3.8) is 0 Å². The fourth-order valence-electron chi connectivity index (χ4n) is 2.79. The average molecular weight is 396 g/mol. The average Bonchev–Trinajstić information content (AvgIpc) is 3.13. The Balaban J connectivity index is 1.59. The van der Waals surface area contributed by atoms with Gasteiger partial charge in [-0.15, -0.1) is 11.3 Å². The molecule has 8 heteroatoms. The number of piperazine rings is 1. The van der Waals surface area contributed by atoms with E-state index < -0.39 is 5.60 Å². The highest BCUT2D eigenvalue weighted by Gasteiger charge is 2.25. The molecular formula is C19H33N5O2S. The second-order valence-electron chi connectivity index (χ2n) is 7.56. The highest BCUT2D eigenvalue weighted by atomic mass is 32.1. The molecule has 2 heterocycles. The van der Waals surface area contributed by atoms with Gasteiger partial charge in [0.15, 0.2) is 5.96 Å². The maximum Gasteiger partial charge on any atom is 0.410 e. The summed E-state index contributed by atoms with van der Waals surface area (Å²) in [5, 5.41) is 8.81. The van der Waals surface area contributed by atoms with Gasteiger partial charge in [0.2, 0.25) is 0 Å². The zero-order valence-electron chi connectivity index (χ0n) is 17.0. The first kappa shape index (κ1) is 21.5.